The molecule has 1 aliphatic heterocycles. The summed E-state index contributed by atoms with van der Waals surface area (Å²) in [5.74, 6) is -0.154. The summed E-state index contributed by atoms with van der Waals surface area (Å²) in [6.45, 7) is 2.87. The van der Waals surface area contributed by atoms with Crippen LogP contribution in [0.1, 0.15) is 18.0 Å². The highest BCUT2D eigenvalue weighted by Gasteiger charge is 2.25. The third kappa shape index (κ3) is 3.22. The Morgan fingerprint density at radius 1 is 1.37 bits per heavy atom. The highest BCUT2D eigenvalue weighted by atomic mass is 19.1. The van der Waals surface area contributed by atoms with E-state index in [2.05, 4.69) is 10.2 Å². The third-order valence-corrected chi connectivity index (χ3v) is 3.55. The van der Waals surface area contributed by atoms with Crippen LogP contribution in [0.5, 0.6) is 5.75 Å². The van der Waals surface area contributed by atoms with Crippen molar-refractivity contribution in [3.63, 3.8) is 0 Å². The lowest BCUT2D eigenvalue weighted by molar-refractivity contribution is 0.154. The van der Waals surface area contributed by atoms with Gasteiger partial charge in [-0.1, -0.05) is 12.1 Å². The lowest BCUT2D eigenvalue weighted by Crippen LogP contribution is -2.45. The molecule has 0 aliphatic carbocycles. The van der Waals surface area contributed by atoms with E-state index in [9.17, 15) is 8.78 Å². The van der Waals surface area contributed by atoms with Crippen LogP contribution in [0, 0.1) is 5.82 Å². The zero-order valence-corrected chi connectivity index (χ0v) is 11.2. The summed E-state index contributed by atoms with van der Waals surface area (Å²) in [7, 11) is 1.44. The number of rotatable bonds is 5. The Labute approximate surface area is 112 Å². The molecule has 1 fully saturated rings. The van der Waals surface area contributed by atoms with Gasteiger partial charge in [0.1, 0.15) is 0 Å². The van der Waals surface area contributed by atoms with Gasteiger partial charge in [0.2, 0.25) is 0 Å². The van der Waals surface area contributed by atoms with Crippen molar-refractivity contribution in [1.82, 2.24) is 10.2 Å². The van der Waals surface area contributed by atoms with Crippen molar-refractivity contribution in [3.8, 4) is 5.75 Å². The molecule has 0 unspecified atom stereocenters. The van der Waals surface area contributed by atoms with E-state index in [1.807, 2.05) is 0 Å². The quantitative estimate of drug-likeness (QED) is 0.887. The van der Waals surface area contributed by atoms with E-state index < -0.39 is 6.67 Å². The van der Waals surface area contributed by atoms with Gasteiger partial charge in [0.05, 0.1) is 13.8 Å². The van der Waals surface area contributed by atoms with Gasteiger partial charge in [-0.25, -0.2) is 4.39 Å². The molecule has 1 aromatic rings. The summed E-state index contributed by atoms with van der Waals surface area (Å²) in [5, 5.41) is 3.25. The van der Waals surface area contributed by atoms with Gasteiger partial charge in [0.15, 0.2) is 11.6 Å². The van der Waals surface area contributed by atoms with Crippen molar-refractivity contribution in [3.05, 3.63) is 29.6 Å². The lowest BCUT2D eigenvalue weighted by Gasteiger charge is -2.35. The zero-order chi connectivity index (χ0) is 13.7. The molecule has 19 heavy (non-hydrogen) atoms. The fraction of sp³-hybridized carbons (Fsp3) is 0.571. The van der Waals surface area contributed by atoms with Crippen LogP contribution in [-0.4, -0.2) is 44.9 Å². The summed E-state index contributed by atoms with van der Waals surface area (Å²) in [5.41, 5.74) is 0.527. The van der Waals surface area contributed by atoms with Crippen LogP contribution in [0.2, 0.25) is 0 Å². The predicted octanol–water partition coefficient (Wildman–Crippen LogP) is 2.14. The minimum atomic E-state index is -0.453. The van der Waals surface area contributed by atoms with E-state index in [1.54, 1.807) is 18.2 Å². The summed E-state index contributed by atoms with van der Waals surface area (Å²) >= 11 is 0. The van der Waals surface area contributed by atoms with E-state index >= 15 is 0 Å². The fourth-order valence-electron chi connectivity index (χ4n) is 2.57. The highest BCUT2D eigenvalue weighted by Crippen LogP contribution is 2.31. The number of piperazine rings is 1. The number of halogens is 2. The van der Waals surface area contributed by atoms with Crippen molar-refractivity contribution in [2.24, 2.45) is 0 Å². The molecule has 1 aliphatic rings. The van der Waals surface area contributed by atoms with Crippen molar-refractivity contribution in [2.45, 2.75) is 12.5 Å². The van der Waals surface area contributed by atoms with Crippen LogP contribution in [0.3, 0.4) is 0 Å². The molecular formula is C14H20F2N2O. The normalized spacial score (nSPS) is 18.3. The lowest BCUT2D eigenvalue weighted by atomic mass is 10.0. The summed E-state index contributed by atoms with van der Waals surface area (Å²) < 4.78 is 32.1. The largest absolute Gasteiger partial charge is 0.494 e. The first-order valence-corrected chi connectivity index (χ1v) is 6.61. The second-order valence-electron chi connectivity index (χ2n) is 4.64. The number of nitrogens with zero attached hydrogens (tertiary/aromatic N) is 1. The second-order valence-corrected chi connectivity index (χ2v) is 4.64. The molecule has 0 aromatic heterocycles. The average Bonchev–Trinajstić information content (AvgIpc) is 2.46. The molecular weight excluding hydrogens is 250 g/mol. The molecule has 1 aromatic carbocycles. The third-order valence-electron chi connectivity index (χ3n) is 3.55. The van der Waals surface area contributed by atoms with E-state index in [1.165, 1.54) is 7.11 Å². The van der Waals surface area contributed by atoms with E-state index in [4.69, 9.17) is 4.74 Å². The van der Waals surface area contributed by atoms with Crippen LogP contribution in [0.25, 0.3) is 0 Å². The number of ether oxygens (including phenoxy) is 1. The first-order valence-electron chi connectivity index (χ1n) is 6.61. The van der Waals surface area contributed by atoms with Gasteiger partial charge in [-0.2, -0.15) is 0 Å². The van der Waals surface area contributed by atoms with Crippen LogP contribution >= 0.6 is 0 Å². The van der Waals surface area contributed by atoms with Crippen LogP contribution in [-0.2, 0) is 0 Å². The molecule has 1 heterocycles. The van der Waals surface area contributed by atoms with Crippen molar-refractivity contribution >= 4 is 0 Å². The maximum Gasteiger partial charge on any atom is 0.169 e. The molecule has 1 N–H and O–H groups in total. The second kappa shape index (κ2) is 6.82. The summed E-state index contributed by atoms with van der Waals surface area (Å²) in [4.78, 5) is 2.13. The smallest absolute Gasteiger partial charge is 0.169 e. The van der Waals surface area contributed by atoms with Crippen LogP contribution in [0.15, 0.2) is 18.2 Å². The molecule has 0 bridgehead atoms. The van der Waals surface area contributed by atoms with Gasteiger partial charge in [-0.3, -0.25) is 9.29 Å². The predicted molar refractivity (Wildman–Crippen MR) is 70.7 cm³/mol. The number of alkyl halides is 1. The Hall–Kier alpha value is -1.20. The molecule has 1 atom stereocenters. The van der Waals surface area contributed by atoms with Crippen molar-refractivity contribution in [1.29, 1.82) is 0 Å². The molecule has 0 radical (unpaired) electrons. The minimum Gasteiger partial charge on any atom is -0.494 e. The van der Waals surface area contributed by atoms with E-state index in [0.717, 1.165) is 26.2 Å². The Bertz CT molecular complexity index is 408. The average molecular weight is 270 g/mol. The van der Waals surface area contributed by atoms with E-state index in [0.29, 0.717) is 12.0 Å². The monoisotopic (exact) mass is 270 g/mol. The van der Waals surface area contributed by atoms with Gasteiger partial charge in [0.25, 0.3) is 0 Å². The molecule has 2 rings (SSSR count). The van der Waals surface area contributed by atoms with E-state index in [-0.39, 0.29) is 17.6 Å². The van der Waals surface area contributed by atoms with Gasteiger partial charge >= 0.3 is 0 Å². The maximum absolute atomic E-state index is 14.3. The highest BCUT2D eigenvalue weighted by molar-refractivity contribution is 5.33. The Morgan fingerprint density at radius 3 is 2.74 bits per heavy atom. The summed E-state index contributed by atoms with van der Waals surface area (Å²) in [6, 6.07) is 4.84. The number of benzene rings is 1. The molecule has 5 heteroatoms. The van der Waals surface area contributed by atoms with Gasteiger partial charge in [0, 0.05) is 37.8 Å². The minimum absolute atomic E-state index is 0.219. The number of hydrogen-bond acceptors (Lipinski definition) is 3. The van der Waals surface area contributed by atoms with Crippen molar-refractivity contribution in [2.75, 3.05) is 40.0 Å². The molecule has 0 saturated carbocycles. The number of hydrogen-bond donors (Lipinski definition) is 1. The fourth-order valence-corrected chi connectivity index (χ4v) is 2.57. The molecule has 106 valence electrons. The Morgan fingerprint density at radius 2 is 2.11 bits per heavy atom. The standard InChI is InChI=1S/C14H20F2N2O/c1-19-13-4-2-3-11(14(13)16)12(5-6-15)18-9-7-17-8-10-18/h2-4,12,17H,5-10H2,1H3/t12-/m0/s1. The maximum atomic E-state index is 14.3. The SMILES string of the molecule is COc1cccc([C@H](CCF)N2CCNCC2)c1F. The molecule has 0 spiro atoms. The molecule has 0 amide bonds. The van der Waals surface area contributed by atoms with Crippen molar-refractivity contribution < 1.29 is 13.5 Å². The topological polar surface area (TPSA) is 24.5 Å². The number of methoxy groups -OCH3 is 1. The van der Waals surface area contributed by atoms with Crippen LogP contribution < -0.4 is 10.1 Å². The van der Waals surface area contributed by atoms with Crippen LogP contribution in [0.4, 0.5) is 8.78 Å². The van der Waals surface area contributed by atoms with Gasteiger partial charge in [-0.15, -0.1) is 0 Å². The number of nitrogens with one attached hydrogen (secondary N) is 1. The summed E-state index contributed by atoms with van der Waals surface area (Å²) in [6.07, 6.45) is 0.310. The Kier molecular flexibility index (Phi) is 5.10. The molecule has 3 nitrogen and oxygen atoms in total. The molecule has 1 saturated heterocycles. The first kappa shape index (κ1) is 14.2. The first-order chi connectivity index (χ1) is 9.27. The van der Waals surface area contributed by atoms with Gasteiger partial charge in [-0.05, 0) is 12.5 Å². The Balaban J connectivity index is 2.27. The zero-order valence-electron chi connectivity index (χ0n) is 11.2. The van der Waals surface area contributed by atoms with Gasteiger partial charge < -0.3 is 10.1 Å².